The minimum absolute atomic E-state index is 0.0684. The van der Waals surface area contributed by atoms with Crippen molar-refractivity contribution in [1.82, 2.24) is 5.06 Å². The highest BCUT2D eigenvalue weighted by atomic mass is 127. The van der Waals surface area contributed by atoms with Gasteiger partial charge in [0.25, 0.3) is 0 Å². The van der Waals surface area contributed by atoms with Crippen molar-refractivity contribution in [1.29, 1.82) is 0 Å². The van der Waals surface area contributed by atoms with Crippen LogP contribution >= 0.6 is 22.6 Å². The largest absolute Gasteiger partial charge is 0.463 e. The molecule has 0 aromatic rings. The summed E-state index contributed by atoms with van der Waals surface area (Å²) >= 11 is 2.17. The SMILES string of the molecule is CC(CI)C(=O)OCCOC1CC(C)(C)N(O)C(C)(C)C1. The van der Waals surface area contributed by atoms with Gasteiger partial charge < -0.3 is 14.7 Å². The molecule has 1 aliphatic rings. The van der Waals surface area contributed by atoms with Gasteiger partial charge in [0, 0.05) is 15.5 Å². The molecule has 1 saturated heterocycles. The van der Waals surface area contributed by atoms with Crippen LogP contribution in [0.3, 0.4) is 0 Å². The van der Waals surface area contributed by atoms with E-state index in [4.69, 9.17) is 9.47 Å². The zero-order valence-electron chi connectivity index (χ0n) is 13.7. The molecule has 1 rings (SSSR count). The smallest absolute Gasteiger partial charge is 0.309 e. The summed E-state index contributed by atoms with van der Waals surface area (Å²) in [7, 11) is 0. The molecule has 124 valence electrons. The normalized spacial score (nSPS) is 23.8. The van der Waals surface area contributed by atoms with Gasteiger partial charge in [-0.25, -0.2) is 0 Å². The molecule has 1 N–H and O–H groups in total. The number of nitrogens with zero attached hydrogens (tertiary/aromatic N) is 1. The molecule has 1 unspecified atom stereocenters. The second kappa shape index (κ2) is 7.57. The van der Waals surface area contributed by atoms with Crippen molar-refractivity contribution >= 4 is 28.6 Å². The van der Waals surface area contributed by atoms with Crippen molar-refractivity contribution in [2.75, 3.05) is 17.6 Å². The lowest BCUT2D eigenvalue weighted by atomic mass is 9.80. The fourth-order valence-corrected chi connectivity index (χ4v) is 3.22. The van der Waals surface area contributed by atoms with Gasteiger partial charge in [-0.2, -0.15) is 5.06 Å². The first kappa shape index (κ1) is 19.1. The zero-order chi connectivity index (χ0) is 16.3. The maximum absolute atomic E-state index is 11.6. The van der Waals surface area contributed by atoms with Crippen molar-refractivity contribution in [3.05, 3.63) is 0 Å². The Labute approximate surface area is 141 Å². The molecule has 0 radical (unpaired) electrons. The monoisotopic (exact) mass is 413 g/mol. The Bertz CT molecular complexity index is 342. The van der Waals surface area contributed by atoms with Gasteiger partial charge in [-0.1, -0.05) is 29.5 Å². The van der Waals surface area contributed by atoms with Crippen LogP contribution in [0.2, 0.25) is 0 Å². The molecule has 1 heterocycles. The summed E-state index contributed by atoms with van der Waals surface area (Å²) in [6, 6.07) is 0. The first-order chi connectivity index (χ1) is 9.60. The number of piperidine rings is 1. The summed E-state index contributed by atoms with van der Waals surface area (Å²) in [5.74, 6) is -0.236. The molecule has 0 saturated carbocycles. The van der Waals surface area contributed by atoms with Gasteiger partial charge in [-0.3, -0.25) is 4.79 Å². The highest BCUT2D eigenvalue weighted by Gasteiger charge is 2.45. The molecule has 0 aromatic carbocycles. The standard InChI is InChI=1S/C15H28INO4/c1-11(10-16)13(18)21-7-6-20-12-8-14(2,3)17(19)15(4,5)9-12/h11-12,19H,6-10H2,1-5H3. The Balaban J connectivity index is 2.38. The minimum atomic E-state index is -0.321. The van der Waals surface area contributed by atoms with E-state index in [0.717, 1.165) is 17.3 Å². The topological polar surface area (TPSA) is 59.0 Å². The van der Waals surface area contributed by atoms with E-state index in [1.165, 1.54) is 5.06 Å². The van der Waals surface area contributed by atoms with E-state index in [1.807, 2.05) is 34.6 Å². The van der Waals surface area contributed by atoms with E-state index in [-0.39, 0.29) is 29.1 Å². The molecule has 5 nitrogen and oxygen atoms in total. The second-order valence-corrected chi connectivity index (χ2v) is 7.94. The third-order valence-electron chi connectivity index (χ3n) is 3.92. The van der Waals surface area contributed by atoms with Gasteiger partial charge in [0.05, 0.1) is 18.6 Å². The van der Waals surface area contributed by atoms with E-state index in [2.05, 4.69) is 22.6 Å². The van der Waals surface area contributed by atoms with E-state index >= 15 is 0 Å². The van der Waals surface area contributed by atoms with Crippen molar-refractivity contribution in [3.63, 3.8) is 0 Å². The Morgan fingerprint density at radius 2 is 1.81 bits per heavy atom. The van der Waals surface area contributed by atoms with Crippen LogP contribution in [0.5, 0.6) is 0 Å². The number of esters is 1. The number of carbonyl (C=O) groups is 1. The van der Waals surface area contributed by atoms with Gasteiger partial charge in [0.1, 0.15) is 6.61 Å². The molecule has 1 fully saturated rings. The Morgan fingerprint density at radius 1 is 1.29 bits per heavy atom. The van der Waals surface area contributed by atoms with Crippen LogP contribution in [-0.2, 0) is 14.3 Å². The minimum Gasteiger partial charge on any atom is -0.463 e. The van der Waals surface area contributed by atoms with Gasteiger partial charge in [0.2, 0.25) is 0 Å². The molecule has 0 bridgehead atoms. The second-order valence-electron chi connectivity index (χ2n) is 7.06. The highest BCUT2D eigenvalue weighted by molar-refractivity contribution is 14.1. The van der Waals surface area contributed by atoms with Gasteiger partial charge in [0.15, 0.2) is 0 Å². The van der Waals surface area contributed by atoms with Gasteiger partial charge in [-0.15, -0.1) is 0 Å². The summed E-state index contributed by atoms with van der Waals surface area (Å²) in [6.07, 6.45) is 1.58. The fraction of sp³-hybridized carbons (Fsp3) is 0.933. The molecule has 0 aromatic heterocycles. The number of carbonyl (C=O) groups excluding carboxylic acids is 1. The number of hydrogen-bond acceptors (Lipinski definition) is 5. The molecule has 21 heavy (non-hydrogen) atoms. The van der Waals surface area contributed by atoms with Crippen molar-refractivity contribution in [2.45, 2.75) is 64.6 Å². The summed E-state index contributed by atoms with van der Waals surface area (Å²) < 4.78 is 11.8. The quantitative estimate of drug-likeness (QED) is 0.314. The maximum atomic E-state index is 11.6. The average molecular weight is 413 g/mol. The van der Waals surface area contributed by atoms with Crippen molar-refractivity contribution in [3.8, 4) is 0 Å². The molecular weight excluding hydrogens is 385 g/mol. The number of rotatable bonds is 6. The number of alkyl halides is 1. The lowest BCUT2D eigenvalue weighted by Gasteiger charge is -2.51. The summed E-state index contributed by atoms with van der Waals surface area (Å²) in [6.45, 7) is 10.6. The molecule has 1 atom stereocenters. The Kier molecular flexibility index (Phi) is 6.89. The number of halogens is 1. The van der Waals surface area contributed by atoms with E-state index in [9.17, 15) is 10.0 Å². The maximum Gasteiger partial charge on any atom is 0.309 e. The van der Waals surface area contributed by atoms with Crippen molar-refractivity contribution < 1.29 is 19.5 Å². The van der Waals surface area contributed by atoms with E-state index in [1.54, 1.807) is 0 Å². The Morgan fingerprint density at radius 3 is 2.29 bits per heavy atom. The third kappa shape index (κ3) is 5.33. The third-order valence-corrected chi connectivity index (χ3v) is 5.24. The van der Waals surface area contributed by atoms with Gasteiger partial charge in [-0.05, 0) is 40.5 Å². The Hall–Kier alpha value is 0.0800. The van der Waals surface area contributed by atoms with Crippen LogP contribution in [0.15, 0.2) is 0 Å². The predicted molar refractivity (Wildman–Crippen MR) is 89.8 cm³/mol. The lowest BCUT2D eigenvalue weighted by Crippen LogP contribution is -2.60. The first-order valence-electron chi connectivity index (χ1n) is 7.43. The van der Waals surface area contributed by atoms with E-state index in [0.29, 0.717) is 13.2 Å². The zero-order valence-corrected chi connectivity index (χ0v) is 15.8. The lowest BCUT2D eigenvalue weighted by molar-refractivity contribution is -0.261. The first-order valence-corrected chi connectivity index (χ1v) is 8.96. The van der Waals surface area contributed by atoms with Crippen LogP contribution in [0.25, 0.3) is 0 Å². The molecule has 1 aliphatic heterocycles. The summed E-state index contributed by atoms with van der Waals surface area (Å²) in [5.41, 5.74) is -0.641. The molecule has 6 heteroatoms. The number of hydroxylamine groups is 2. The molecule has 0 amide bonds. The van der Waals surface area contributed by atoms with Crippen molar-refractivity contribution in [2.24, 2.45) is 5.92 Å². The highest BCUT2D eigenvalue weighted by Crippen LogP contribution is 2.37. The van der Waals surface area contributed by atoms with Crippen LogP contribution < -0.4 is 0 Å². The number of ether oxygens (including phenoxy) is 2. The van der Waals surface area contributed by atoms with E-state index < -0.39 is 0 Å². The summed E-state index contributed by atoms with van der Waals surface area (Å²) in [4.78, 5) is 11.6. The molecule has 0 aliphatic carbocycles. The van der Waals surface area contributed by atoms with Crippen LogP contribution in [0.4, 0.5) is 0 Å². The summed E-state index contributed by atoms with van der Waals surface area (Å²) in [5, 5.41) is 11.7. The fourth-order valence-electron chi connectivity index (χ4n) is 2.86. The predicted octanol–water partition coefficient (Wildman–Crippen LogP) is 3.03. The average Bonchev–Trinajstić information content (AvgIpc) is 2.39. The van der Waals surface area contributed by atoms with Crippen LogP contribution in [0.1, 0.15) is 47.5 Å². The molecule has 0 spiro atoms. The number of hydrogen-bond donors (Lipinski definition) is 1. The molecular formula is C15H28INO4. The van der Waals surface area contributed by atoms with Crippen LogP contribution in [-0.4, -0.2) is 51.1 Å². The van der Waals surface area contributed by atoms with Gasteiger partial charge >= 0.3 is 5.97 Å². The van der Waals surface area contributed by atoms with Crippen LogP contribution in [0, 0.1) is 5.92 Å².